The first kappa shape index (κ1) is 22.6. The van der Waals surface area contributed by atoms with Crippen LogP contribution in [0.3, 0.4) is 0 Å². The quantitative estimate of drug-likeness (QED) is 0.654. The Morgan fingerprint density at radius 1 is 1.00 bits per heavy atom. The zero-order valence-corrected chi connectivity index (χ0v) is 18.1. The molecule has 0 heterocycles. The molecule has 3 atom stereocenters. The molecule has 3 rings (SSSR count). The maximum absolute atomic E-state index is 13.2. The van der Waals surface area contributed by atoms with E-state index in [0.717, 1.165) is 11.3 Å². The number of para-hydroxylation sites is 1. The second kappa shape index (κ2) is 9.79. The van der Waals surface area contributed by atoms with Gasteiger partial charge in [0.15, 0.2) is 0 Å². The van der Waals surface area contributed by atoms with E-state index in [2.05, 4.69) is 5.32 Å². The number of hydrogen-bond donors (Lipinski definition) is 2. The van der Waals surface area contributed by atoms with Gasteiger partial charge in [-0.2, -0.15) is 0 Å². The fourth-order valence-electron chi connectivity index (χ4n) is 4.18. The number of hydrogen-bond acceptors (Lipinski definition) is 6. The van der Waals surface area contributed by atoms with Crippen molar-refractivity contribution in [2.75, 3.05) is 18.5 Å². The highest BCUT2D eigenvalue weighted by molar-refractivity contribution is 5.94. The van der Waals surface area contributed by atoms with Gasteiger partial charge in [0.1, 0.15) is 0 Å². The van der Waals surface area contributed by atoms with Gasteiger partial charge in [-0.1, -0.05) is 48.5 Å². The van der Waals surface area contributed by atoms with Crippen LogP contribution in [0, 0.1) is 5.92 Å². The van der Waals surface area contributed by atoms with Gasteiger partial charge in [-0.3, -0.25) is 4.79 Å². The summed E-state index contributed by atoms with van der Waals surface area (Å²) in [4.78, 5) is 26.2. The minimum atomic E-state index is -1.44. The van der Waals surface area contributed by atoms with E-state index in [1.54, 1.807) is 20.8 Å². The van der Waals surface area contributed by atoms with Crippen molar-refractivity contribution in [2.24, 2.45) is 5.92 Å². The Labute approximate surface area is 182 Å². The highest BCUT2D eigenvalue weighted by Crippen LogP contribution is 2.48. The number of carbonyl (C=O) groups is 2. The van der Waals surface area contributed by atoms with Crippen molar-refractivity contribution in [1.29, 1.82) is 0 Å². The fourth-order valence-corrected chi connectivity index (χ4v) is 4.18. The molecule has 0 saturated heterocycles. The largest absolute Gasteiger partial charge is 0.466 e. The first-order chi connectivity index (χ1) is 14.9. The minimum Gasteiger partial charge on any atom is -0.466 e. The Balaban J connectivity index is 2.22. The second-order valence-electron chi connectivity index (χ2n) is 7.76. The van der Waals surface area contributed by atoms with Gasteiger partial charge >= 0.3 is 11.9 Å². The highest BCUT2D eigenvalue weighted by atomic mass is 16.5. The Morgan fingerprint density at radius 2 is 1.58 bits per heavy atom. The molecule has 0 amide bonds. The first-order valence-electron chi connectivity index (χ1n) is 10.5. The molecule has 0 unspecified atom stereocenters. The van der Waals surface area contributed by atoms with Gasteiger partial charge in [0.2, 0.25) is 0 Å². The molecule has 0 fully saturated rings. The Hall–Kier alpha value is -3.12. The zero-order chi connectivity index (χ0) is 22.4. The normalized spacial score (nSPS) is 23.2. The van der Waals surface area contributed by atoms with Crippen molar-refractivity contribution in [3.63, 3.8) is 0 Å². The van der Waals surface area contributed by atoms with Crippen LogP contribution in [0.15, 0.2) is 71.9 Å². The molecule has 6 nitrogen and oxygen atoms in total. The molecule has 2 N–H and O–H groups in total. The summed E-state index contributed by atoms with van der Waals surface area (Å²) in [6, 6.07) is 18.6. The van der Waals surface area contributed by atoms with Crippen LogP contribution in [0.4, 0.5) is 5.69 Å². The molecule has 2 aromatic carbocycles. The predicted molar refractivity (Wildman–Crippen MR) is 118 cm³/mol. The van der Waals surface area contributed by atoms with E-state index in [-0.39, 0.29) is 19.6 Å². The summed E-state index contributed by atoms with van der Waals surface area (Å²) in [6.07, 6.45) is 0.0723. The molecule has 0 saturated carbocycles. The number of rotatable bonds is 7. The number of carbonyl (C=O) groups excluding carboxylic acids is 2. The number of benzene rings is 2. The molecular weight excluding hydrogens is 394 g/mol. The first-order valence-corrected chi connectivity index (χ1v) is 10.5. The van der Waals surface area contributed by atoms with E-state index >= 15 is 0 Å². The number of ether oxygens (including phenoxy) is 2. The van der Waals surface area contributed by atoms with Crippen LogP contribution in [0.2, 0.25) is 0 Å². The van der Waals surface area contributed by atoms with Crippen molar-refractivity contribution in [1.82, 2.24) is 0 Å². The van der Waals surface area contributed by atoms with Crippen molar-refractivity contribution in [3.8, 4) is 0 Å². The molecule has 0 aliphatic heterocycles. The van der Waals surface area contributed by atoms with Gasteiger partial charge < -0.3 is 19.9 Å². The Morgan fingerprint density at radius 3 is 2.16 bits per heavy atom. The van der Waals surface area contributed by atoms with Crippen LogP contribution >= 0.6 is 0 Å². The van der Waals surface area contributed by atoms with E-state index in [1.807, 2.05) is 60.7 Å². The topological polar surface area (TPSA) is 84.9 Å². The lowest BCUT2D eigenvalue weighted by atomic mass is 9.66. The van der Waals surface area contributed by atoms with Crippen LogP contribution < -0.4 is 5.32 Å². The van der Waals surface area contributed by atoms with Gasteiger partial charge in [0, 0.05) is 23.7 Å². The predicted octanol–water partition coefficient (Wildman–Crippen LogP) is 4.03. The number of aliphatic hydroxyl groups is 1. The fraction of sp³-hybridized carbons (Fsp3) is 0.360. The lowest BCUT2D eigenvalue weighted by Crippen LogP contribution is -2.49. The molecule has 1 aliphatic carbocycles. The van der Waals surface area contributed by atoms with E-state index in [0.29, 0.717) is 11.3 Å². The van der Waals surface area contributed by atoms with Crippen LogP contribution in [-0.2, 0) is 19.1 Å². The molecule has 0 bridgehead atoms. The average molecular weight is 424 g/mol. The van der Waals surface area contributed by atoms with Gasteiger partial charge in [-0.05, 0) is 38.5 Å². The summed E-state index contributed by atoms with van der Waals surface area (Å²) in [6.45, 7) is 5.45. The van der Waals surface area contributed by atoms with E-state index in [1.165, 1.54) is 0 Å². The van der Waals surface area contributed by atoms with Crippen LogP contribution in [0.5, 0.6) is 0 Å². The third-order valence-corrected chi connectivity index (χ3v) is 5.44. The number of nitrogens with one attached hydrogen (secondary N) is 1. The van der Waals surface area contributed by atoms with Gasteiger partial charge in [-0.15, -0.1) is 0 Å². The van der Waals surface area contributed by atoms with Crippen LogP contribution in [-0.4, -0.2) is 35.9 Å². The summed E-state index contributed by atoms with van der Waals surface area (Å²) in [7, 11) is 0. The average Bonchev–Trinajstić information content (AvgIpc) is 2.74. The molecular formula is C25H29NO5. The SMILES string of the molecule is CCOC(=O)C1=C(Nc2ccccc2)C[C@](C)(O)[C@@H](C(=O)OCC)[C@@H]1c1ccccc1. The molecule has 0 radical (unpaired) electrons. The summed E-state index contributed by atoms with van der Waals surface area (Å²) < 4.78 is 10.7. The molecule has 164 valence electrons. The highest BCUT2D eigenvalue weighted by Gasteiger charge is 2.52. The molecule has 1 aliphatic rings. The monoisotopic (exact) mass is 423 g/mol. The van der Waals surface area contributed by atoms with Gasteiger partial charge in [0.25, 0.3) is 0 Å². The standard InChI is InChI=1S/C25H29NO5/c1-4-30-23(27)21-19(26-18-14-10-7-11-15-18)16-25(3,29)22(24(28)31-5-2)20(21)17-12-8-6-9-13-17/h6-15,20,22,26,29H,4-5,16H2,1-3H3/t20-,22-,25+/m1/s1. The zero-order valence-electron chi connectivity index (χ0n) is 18.1. The summed E-state index contributed by atoms with van der Waals surface area (Å²) in [5, 5.41) is 14.7. The number of esters is 2. The summed E-state index contributed by atoms with van der Waals surface area (Å²) in [5.41, 5.74) is 0.929. The molecule has 2 aromatic rings. The maximum atomic E-state index is 13.2. The molecule has 6 heteroatoms. The minimum absolute atomic E-state index is 0.0723. The third kappa shape index (κ3) is 4.97. The molecule has 0 spiro atoms. The number of anilines is 1. The summed E-state index contributed by atoms with van der Waals surface area (Å²) >= 11 is 0. The van der Waals surface area contributed by atoms with Gasteiger partial charge in [0.05, 0.1) is 30.3 Å². The second-order valence-corrected chi connectivity index (χ2v) is 7.76. The maximum Gasteiger partial charge on any atom is 0.336 e. The molecule has 0 aromatic heterocycles. The third-order valence-electron chi connectivity index (χ3n) is 5.44. The van der Waals surface area contributed by atoms with E-state index in [9.17, 15) is 14.7 Å². The van der Waals surface area contributed by atoms with Crippen molar-refractivity contribution in [3.05, 3.63) is 77.5 Å². The lowest BCUT2D eigenvalue weighted by molar-refractivity contribution is -0.159. The van der Waals surface area contributed by atoms with Crippen LogP contribution in [0.1, 0.15) is 38.7 Å². The lowest BCUT2D eigenvalue weighted by Gasteiger charge is -2.43. The van der Waals surface area contributed by atoms with Crippen molar-refractivity contribution < 1.29 is 24.2 Å². The Bertz CT molecular complexity index is 937. The van der Waals surface area contributed by atoms with E-state index in [4.69, 9.17) is 9.47 Å². The summed E-state index contributed by atoms with van der Waals surface area (Å²) in [5.74, 6) is -2.74. The van der Waals surface area contributed by atoms with Crippen molar-refractivity contribution in [2.45, 2.75) is 38.7 Å². The molecule has 31 heavy (non-hydrogen) atoms. The Kier molecular flexibility index (Phi) is 7.13. The smallest absolute Gasteiger partial charge is 0.336 e. The van der Waals surface area contributed by atoms with Crippen molar-refractivity contribution >= 4 is 17.6 Å². The van der Waals surface area contributed by atoms with Gasteiger partial charge in [-0.25, -0.2) is 4.79 Å². The van der Waals surface area contributed by atoms with E-state index < -0.39 is 29.4 Å². The van der Waals surface area contributed by atoms with Crippen LogP contribution in [0.25, 0.3) is 0 Å².